The molecule has 2 rings (SSSR count). The summed E-state index contributed by atoms with van der Waals surface area (Å²) in [6.07, 6.45) is 4.66. The van der Waals surface area contributed by atoms with Gasteiger partial charge in [0.2, 0.25) is 0 Å². The Labute approximate surface area is 125 Å². The number of hydrazine groups is 1. The van der Waals surface area contributed by atoms with Crippen LogP contribution in [0.25, 0.3) is 0 Å². The molecule has 1 saturated carbocycles. The topological polar surface area (TPSA) is 72.2 Å². The minimum absolute atomic E-state index is 0.0307. The second kappa shape index (κ2) is 6.43. The monoisotopic (exact) mass is 316 g/mol. The quantitative estimate of drug-likeness (QED) is 0.661. The van der Waals surface area contributed by atoms with Crippen LogP contribution in [0.2, 0.25) is 5.02 Å². The Morgan fingerprint density at radius 3 is 2.50 bits per heavy atom. The lowest BCUT2D eigenvalue weighted by Crippen LogP contribution is -2.38. The van der Waals surface area contributed by atoms with Gasteiger partial charge in [0.25, 0.3) is 0 Å². The second-order valence-electron chi connectivity index (χ2n) is 5.57. The van der Waals surface area contributed by atoms with E-state index in [1.165, 1.54) is 6.26 Å². The van der Waals surface area contributed by atoms with Crippen LogP contribution in [0.15, 0.2) is 24.3 Å². The van der Waals surface area contributed by atoms with E-state index in [2.05, 4.69) is 5.43 Å². The summed E-state index contributed by atoms with van der Waals surface area (Å²) in [4.78, 5) is 0. The fraction of sp³-hybridized carbons (Fsp3) is 0.571. The first-order valence-electron chi connectivity index (χ1n) is 6.82. The molecule has 0 saturated heterocycles. The van der Waals surface area contributed by atoms with Gasteiger partial charge in [0.05, 0.1) is 5.25 Å². The Hall–Kier alpha value is -0.620. The van der Waals surface area contributed by atoms with Crippen LogP contribution in [-0.2, 0) is 9.84 Å². The number of nitrogens with two attached hydrogens (primary N) is 1. The summed E-state index contributed by atoms with van der Waals surface area (Å²) in [5.41, 5.74) is 3.89. The van der Waals surface area contributed by atoms with Crippen molar-refractivity contribution in [1.29, 1.82) is 0 Å². The summed E-state index contributed by atoms with van der Waals surface area (Å²) < 4.78 is 23.5. The highest BCUT2D eigenvalue weighted by atomic mass is 35.5. The fourth-order valence-corrected chi connectivity index (χ4v) is 4.36. The van der Waals surface area contributed by atoms with Crippen molar-refractivity contribution in [2.75, 3.05) is 6.26 Å². The highest BCUT2D eigenvalue weighted by Gasteiger charge is 2.33. The maximum Gasteiger partial charge on any atom is 0.150 e. The van der Waals surface area contributed by atoms with Gasteiger partial charge in [-0.15, -0.1) is 0 Å². The number of halogens is 1. The van der Waals surface area contributed by atoms with Crippen LogP contribution in [-0.4, -0.2) is 19.9 Å². The van der Waals surface area contributed by atoms with Crippen LogP contribution < -0.4 is 11.3 Å². The Balaban J connectivity index is 2.17. The Morgan fingerprint density at radius 1 is 1.30 bits per heavy atom. The van der Waals surface area contributed by atoms with Crippen molar-refractivity contribution in [3.05, 3.63) is 34.9 Å². The maximum atomic E-state index is 11.8. The Kier molecular flexibility index (Phi) is 5.07. The van der Waals surface area contributed by atoms with E-state index in [0.717, 1.165) is 24.8 Å². The average Bonchev–Trinajstić information content (AvgIpc) is 2.41. The molecule has 0 spiro atoms. The molecule has 3 atom stereocenters. The van der Waals surface area contributed by atoms with Gasteiger partial charge in [-0.1, -0.05) is 30.2 Å². The van der Waals surface area contributed by atoms with E-state index in [9.17, 15) is 8.42 Å². The van der Waals surface area contributed by atoms with Gasteiger partial charge in [-0.05, 0) is 42.9 Å². The van der Waals surface area contributed by atoms with Crippen LogP contribution in [0.4, 0.5) is 0 Å². The Morgan fingerprint density at radius 2 is 1.95 bits per heavy atom. The van der Waals surface area contributed by atoms with Crippen molar-refractivity contribution in [1.82, 2.24) is 5.43 Å². The Bertz CT molecular complexity index is 545. The van der Waals surface area contributed by atoms with Crippen molar-refractivity contribution in [2.24, 2.45) is 11.8 Å². The first-order chi connectivity index (χ1) is 9.41. The predicted octanol–water partition coefficient (Wildman–Crippen LogP) is 2.45. The molecule has 1 aliphatic carbocycles. The molecule has 0 heterocycles. The molecule has 1 aromatic rings. The van der Waals surface area contributed by atoms with Crippen molar-refractivity contribution < 1.29 is 8.42 Å². The van der Waals surface area contributed by atoms with E-state index in [-0.39, 0.29) is 17.2 Å². The predicted molar refractivity (Wildman–Crippen MR) is 82.1 cm³/mol. The van der Waals surface area contributed by atoms with Gasteiger partial charge in [-0.25, -0.2) is 8.42 Å². The number of nitrogens with one attached hydrogen (secondary N) is 1. The van der Waals surface area contributed by atoms with Crippen LogP contribution in [0.5, 0.6) is 0 Å². The van der Waals surface area contributed by atoms with Gasteiger partial charge >= 0.3 is 0 Å². The molecule has 6 heteroatoms. The van der Waals surface area contributed by atoms with Crippen molar-refractivity contribution >= 4 is 21.4 Å². The molecular weight excluding hydrogens is 296 g/mol. The normalized spacial score (nSPS) is 25.4. The van der Waals surface area contributed by atoms with E-state index in [1.54, 1.807) is 0 Å². The van der Waals surface area contributed by atoms with Crippen molar-refractivity contribution in [2.45, 2.75) is 37.0 Å². The molecule has 1 aliphatic rings. The number of hydrogen-bond acceptors (Lipinski definition) is 4. The van der Waals surface area contributed by atoms with E-state index < -0.39 is 9.84 Å². The number of benzene rings is 1. The molecule has 0 aliphatic heterocycles. The molecule has 3 unspecified atom stereocenters. The van der Waals surface area contributed by atoms with Crippen LogP contribution in [0, 0.1) is 5.92 Å². The smallest absolute Gasteiger partial charge is 0.150 e. The third kappa shape index (κ3) is 3.73. The van der Waals surface area contributed by atoms with E-state index >= 15 is 0 Å². The molecule has 0 amide bonds. The largest absolute Gasteiger partial charge is 0.271 e. The average molecular weight is 317 g/mol. The standard InChI is InChI=1S/C14H21ClN2O2S/c1-20(18,19)13-4-2-3-11(9-13)14(17-16)10-5-7-12(15)8-6-10/h5-8,11,13-14,17H,2-4,9,16H2,1H3. The highest BCUT2D eigenvalue weighted by molar-refractivity contribution is 7.91. The van der Waals surface area contributed by atoms with E-state index in [0.29, 0.717) is 11.4 Å². The maximum absolute atomic E-state index is 11.8. The molecule has 112 valence electrons. The van der Waals surface area contributed by atoms with Crippen LogP contribution >= 0.6 is 11.6 Å². The summed E-state index contributed by atoms with van der Waals surface area (Å²) in [6, 6.07) is 7.51. The lowest BCUT2D eigenvalue weighted by atomic mass is 9.81. The minimum atomic E-state index is -2.98. The van der Waals surface area contributed by atoms with Gasteiger partial charge in [-0.2, -0.15) is 0 Å². The van der Waals surface area contributed by atoms with Gasteiger partial charge in [0.15, 0.2) is 0 Å². The van der Waals surface area contributed by atoms with E-state index in [4.69, 9.17) is 17.4 Å². The molecule has 0 aromatic heterocycles. The summed E-state index contributed by atoms with van der Waals surface area (Å²) in [5.74, 6) is 5.93. The fourth-order valence-electron chi connectivity index (χ4n) is 3.05. The van der Waals surface area contributed by atoms with Gasteiger partial charge in [0.1, 0.15) is 9.84 Å². The van der Waals surface area contributed by atoms with Crippen molar-refractivity contribution in [3.8, 4) is 0 Å². The first-order valence-corrected chi connectivity index (χ1v) is 9.15. The minimum Gasteiger partial charge on any atom is -0.271 e. The molecule has 0 radical (unpaired) electrons. The van der Waals surface area contributed by atoms with E-state index in [1.807, 2.05) is 24.3 Å². The summed E-state index contributed by atoms with van der Waals surface area (Å²) in [5, 5.41) is 0.437. The number of hydrogen-bond donors (Lipinski definition) is 2. The molecule has 20 heavy (non-hydrogen) atoms. The van der Waals surface area contributed by atoms with Gasteiger partial charge in [-0.3, -0.25) is 11.3 Å². The second-order valence-corrected chi connectivity index (χ2v) is 8.34. The molecule has 4 nitrogen and oxygen atoms in total. The zero-order valence-corrected chi connectivity index (χ0v) is 13.1. The van der Waals surface area contributed by atoms with Crippen LogP contribution in [0.1, 0.15) is 37.3 Å². The van der Waals surface area contributed by atoms with Gasteiger partial charge < -0.3 is 0 Å². The van der Waals surface area contributed by atoms with Gasteiger partial charge in [0, 0.05) is 17.3 Å². The molecule has 1 aromatic carbocycles. The third-order valence-electron chi connectivity index (χ3n) is 4.15. The zero-order chi connectivity index (χ0) is 14.8. The molecular formula is C14H21ClN2O2S. The zero-order valence-electron chi connectivity index (χ0n) is 11.5. The van der Waals surface area contributed by atoms with Crippen LogP contribution in [0.3, 0.4) is 0 Å². The summed E-state index contributed by atoms with van der Waals surface area (Å²) in [7, 11) is -2.98. The highest BCUT2D eigenvalue weighted by Crippen LogP contribution is 2.36. The molecule has 0 bridgehead atoms. The molecule has 1 fully saturated rings. The lowest BCUT2D eigenvalue weighted by molar-refractivity contribution is 0.274. The summed E-state index contributed by atoms with van der Waals surface area (Å²) in [6.45, 7) is 0. The summed E-state index contributed by atoms with van der Waals surface area (Å²) >= 11 is 5.90. The third-order valence-corrected chi connectivity index (χ3v) is 6.04. The van der Waals surface area contributed by atoms with Crippen molar-refractivity contribution in [3.63, 3.8) is 0 Å². The molecule has 3 N–H and O–H groups in total. The first kappa shape index (κ1) is 15.8. The lowest BCUT2D eigenvalue weighted by Gasteiger charge is -2.33. The SMILES string of the molecule is CS(=O)(=O)C1CCCC(C(NN)c2ccc(Cl)cc2)C1. The number of rotatable bonds is 4. The number of sulfone groups is 1.